The van der Waals surface area contributed by atoms with Gasteiger partial charge in [-0.25, -0.2) is 9.78 Å². The number of urea groups is 1. The van der Waals surface area contributed by atoms with E-state index >= 15 is 0 Å². The monoisotopic (exact) mass is 477 g/mol. The van der Waals surface area contributed by atoms with Crippen molar-refractivity contribution >= 4 is 51.3 Å². The Morgan fingerprint density at radius 2 is 1.88 bits per heavy atom. The van der Waals surface area contributed by atoms with Crippen LogP contribution in [0.5, 0.6) is 0 Å². The van der Waals surface area contributed by atoms with E-state index in [1.165, 1.54) is 22.6 Å². The van der Waals surface area contributed by atoms with Gasteiger partial charge in [0.05, 0.1) is 23.4 Å². The van der Waals surface area contributed by atoms with Crippen LogP contribution >= 0.6 is 22.9 Å². The minimum absolute atomic E-state index is 0.331. The molecule has 0 saturated heterocycles. The summed E-state index contributed by atoms with van der Waals surface area (Å²) in [6.45, 7) is 0. The summed E-state index contributed by atoms with van der Waals surface area (Å²) < 4.78 is 3.70. The molecule has 4 N–H and O–H groups in total. The molecule has 9 nitrogen and oxygen atoms in total. The van der Waals surface area contributed by atoms with E-state index in [1.54, 1.807) is 41.1 Å². The first kappa shape index (κ1) is 20.9. The van der Waals surface area contributed by atoms with Gasteiger partial charge in [-0.2, -0.15) is 4.40 Å². The van der Waals surface area contributed by atoms with Crippen molar-refractivity contribution in [2.75, 3.05) is 10.6 Å². The molecule has 0 spiro atoms. The molecule has 0 unspecified atom stereocenters. The number of aryl methyl sites for hydroxylation is 1. The average Bonchev–Trinajstić information content (AvgIpc) is 3.38. The second-order valence-corrected chi connectivity index (χ2v) is 8.50. The molecule has 5 aromatic rings. The second kappa shape index (κ2) is 8.15. The smallest absolute Gasteiger partial charge is 0.351 e. The number of hydrogen-bond donors (Lipinski definition) is 2. The first-order valence-electron chi connectivity index (χ1n) is 9.81. The lowest BCUT2D eigenvalue weighted by molar-refractivity contribution is -0.484. The summed E-state index contributed by atoms with van der Waals surface area (Å²) in [6.07, 6.45) is 3.16. The predicted octanol–water partition coefficient (Wildman–Crippen LogP) is 3.80. The van der Waals surface area contributed by atoms with Crippen LogP contribution in [0, 0.1) is 0 Å². The van der Waals surface area contributed by atoms with E-state index in [1.807, 2.05) is 35.2 Å². The van der Waals surface area contributed by atoms with E-state index < -0.39 is 6.03 Å². The van der Waals surface area contributed by atoms with Crippen molar-refractivity contribution in [3.63, 3.8) is 0 Å². The average molecular weight is 478 g/mol. The molecule has 2 amide bonds. The summed E-state index contributed by atoms with van der Waals surface area (Å²) in [4.78, 5) is 27.5. The molecule has 33 heavy (non-hydrogen) atoms. The molecule has 0 bridgehead atoms. The van der Waals surface area contributed by atoms with Crippen LogP contribution in [0.15, 0.2) is 66.6 Å². The van der Waals surface area contributed by atoms with Crippen LogP contribution in [0.4, 0.5) is 22.1 Å². The fourth-order valence-electron chi connectivity index (χ4n) is 3.74. The van der Waals surface area contributed by atoms with Crippen molar-refractivity contribution in [2.45, 2.75) is 0 Å². The van der Waals surface area contributed by atoms with Gasteiger partial charge in [0.25, 0.3) is 4.96 Å². The third kappa shape index (κ3) is 3.65. The zero-order valence-corrected chi connectivity index (χ0v) is 19.0. The van der Waals surface area contributed by atoms with E-state index in [0.29, 0.717) is 28.0 Å². The largest absolute Gasteiger partial charge is 0.353 e. The molecule has 0 atom stereocenters. The molecule has 0 aliphatic carbocycles. The molecule has 11 heteroatoms. The molecule has 5 rings (SSSR count). The number of primary amides is 1. The SMILES string of the molecule is Cn1cnc(-c2cccc(N(C(N)=O)c3cccc(Cl)c3)c2)c1-c1csc2ncnc(N)[n+]12. The Hall–Kier alpha value is -4.02. The first-order chi connectivity index (χ1) is 15.9. The van der Waals surface area contributed by atoms with Gasteiger partial charge in [0.1, 0.15) is 11.4 Å². The van der Waals surface area contributed by atoms with Gasteiger partial charge in [-0.05, 0) is 30.3 Å². The highest BCUT2D eigenvalue weighted by atomic mass is 35.5. The molecule has 0 aliphatic heterocycles. The van der Waals surface area contributed by atoms with Crippen LogP contribution in [0.1, 0.15) is 0 Å². The topological polar surface area (TPSA) is 120 Å². The highest BCUT2D eigenvalue weighted by molar-refractivity contribution is 7.14. The summed E-state index contributed by atoms with van der Waals surface area (Å²) in [5.74, 6) is 0.331. The molecule has 3 aromatic heterocycles. The van der Waals surface area contributed by atoms with E-state index in [2.05, 4.69) is 15.0 Å². The Bertz CT molecular complexity index is 1510. The molecule has 3 heterocycles. The van der Waals surface area contributed by atoms with Crippen molar-refractivity contribution < 1.29 is 9.20 Å². The van der Waals surface area contributed by atoms with Crippen LogP contribution in [-0.2, 0) is 7.05 Å². The van der Waals surface area contributed by atoms with Crippen molar-refractivity contribution in [3.8, 4) is 22.6 Å². The number of carbonyl (C=O) groups excluding carboxylic acids is 1. The van der Waals surface area contributed by atoms with Gasteiger partial charge in [-0.1, -0.05) is 51.1 Å². The zero-order valence-electron chi connectivity index (χ0n) is 17.4. The number of nitrogens with zero attached hydrogens (tertiary/aromatic N) is 6. The number of carbonyl (C=O) groups is 1. The Morgan fingerprint density at radius 1 is 1.12 bits per heavy atom. The Morgan fingerprint density at radius 3 is 2.64 bits per heavy atom. The molecular weight excluding hydrogens is 460 g/mol. The Balaban J connectivity index is 1.66. The summed E-state index contributed by atoms with van der Waals surface area (Å²) in [5.41, 5.74) is 16.2. The molecule has 0 fully saturated rings. The molecule has 2 aromatic carbocycles. The fourth-order valence-corrected chi connectivity index (χ4v) is 4.76. The van der Waals surface area contributed by atoms with Crippen LogP contribution in [-0.4, -0.2) is 25.6 Å². The van der Waals surface area contributed by atoms with Gasteiger partial charge >= 0.3 is 12.0 Å². The number of hydrogen-bond acceptors (Lipinski definition) is 6. The number of anilines is 3. The van der Waals surface area contributed by atoms with Gasteiger partial charge in [0, 0.05) is 23.0 Å². The lowest BCUT2D eigenvalue weighted by Gasteiger charge is -2.21. The zero-order chi connectivity index (χ0) is 23.1. The summed E-state index contributed by atoms with van der Waals surface area (Å²) in [5, 5.41) is 2.47. The van der Waals surface area contributed by atoms with Crippen molar-refractivity contribution in [1.29, 1.82) is 0 Å². The van der Waals surface area contributed by atoms with E-state index in [4.69, 9.17) is 23.1 Å². The van der Waals surface area contributed by atoms with Crippen molar-refractivity contribution in [2.24, 2.45) is 12.8 Å². The highest BCUT2D eigenvalue weighted by Gasteiger charge is 2.23. The standard InChI is InChI=1S/C22H17ClN8OS/c1-29-12-28-18(19(29)17-10-33-22-27-11-26-20(24)31(17)22)13-4-2-6-15(8-13)30(21(25)32)16-7-3-5-14(23)9-16/h2-12,24H,1H3,(H2,25,32)/p+1. The lowest BCUT2D eigenvalue weighted by Crippen LogP contribution is -2.31. The fraction of sp³-hybridized carbons (Fsp3) is 0.0455. The van der Waals surface area contributed by atoms with Crippen LogP contribution in [0.3, 0.4) is 0 Å². The van der Waals surface area contributed by atoms with Crippen LogP contribution in [0.2, 0.25) is 5.02 Å². The number of amides is 2. The number of benzene rings is 2. The van der Waals surface area contributed by atoms with Crippen molar-refractivity contribution in [1.82, 2.24) is 19.5 Å². The van der Waals surface area contributed by atoms with Crippen molar-refractivity contribution in [3.05, 3.63) is 71.6 Å². The summed E-state index contributed by atoms with van der Waals surface area (Å²) >= 11 is 7.59. The second-order valence-electron chi connectivity index (χ2n) is 7.23. The number of halogens is 1. The molecular formula is C22H18ClN8OS+. The molecule has 0 aliphatic rings. The Kier molecular flexibility index (Phi) is 5.15. The maximum atomic E-state index is 12.4. The third-order valence-electron chi connectivity index (χ3n) is 5.14. The minimum atomic E-state index is -0.625. The van der Waals surface area contributed by atoms with E-state index in [9.17, 15) is 4.79 Å². The number of imidazole rings is 1. The van der Waals surface area contributed by atoms with Gasteiger partial charge < -0.3 is 16.0 Å². The predicted molar refractivity (Wildman–Crippen MR) is 128 cm³/mol. The van der Waals surface area contributed by atoms with Gasteiger partial charge in [-0.3, -0.25) is 4.90 Å². The van der Waals surface area contributed by atoms with Gasteiger partial charge in [0.15, 0.2) is 0 Å². The molecule has 164 valence electrons. The number of nitrogens with two attached hydrogens (primary N) is 2. The van der Waals surface area contributed by atoms with Gasteiger partial charge in [-0.15, -0.1) is 0 Å². The van der Waals surface area contributed by atoms with Crippen LogP contribution in [0.25, 0.3) is 27.6 Å². The van der Waals surface area contributed by atoms with Crippen LogP contribution < -0.4 is 20.8 Å². The lowest BCUT2D eigenvalue weighted by atomic mass is 10.1. The highest BCUT2D eigenvalue weighted by Crippen LogP contribution is 2.34. The quantitative estimate of drug-likeness (QED) is 0.381. The summed E-state index contributed by atoms with van der Waals surface area (Å²) in [7, 11) is 1.90. The Labute approximate surface area is 197 Å². The normalized spacial score (nSPS) is 11.1. The third-order valence-corrected chi connectivity index (χ3v) is 6.21. The number of thiazole rings is 1. The number of aromatic nitrogens is 5. The summed E-state index contributed by atoms with van der Waals surface area (Å²) in [6, 6.07) is 13.8. The number of fused-ring (bicyclic) bond motifs is 1. The van der Waals surface area contributed by atoms with E-state index in [0.717, 1.165) is 21.9 Å². The van der Waals surface area contributed by atoms with E-state index in [-0.39, 0.29) is 0 Å². The number of rotatable bonds is 4. The maximum Gasteiger partial charge on any atom is 0.353 e. The minimum Gasteiger partial charge on any atom is -0.351 e. The first-order valence-corrected chi connectivity index (χ1v) is 11.1. The van der Waals surface area contributed by atoms with Gasteiger partial charge in [0.2, 0.25) is 6.33 Å². The molecule has 0 saturated carbocycles. The molecule has 0 radical (unpaired) electrons. The maximum absolute atomic E-state index is 12.4. The number of nitrogen functional groups attached to an aromatic ring is 1.